The maximum atomic E-state index is 13.2. The molecule has 0 aliphatic rings. The van der Waals surface area contributed by atoms with Crippen molar-refractivity contribution in [3.63, 3.8) is 0 Å². The third kappa shape index (κ3) is 4.52. The summed E-state index contributed by atoms with van der Waals surface area (Å²) in [5, 5.41) is 11.3. The van der Waals surface area contributed by atoms with Gasteiger partial charge in [-0.15, -0.1) is 0 Å². The zero-order chi connectivity index (χ0) is 14.6. The molecule has 0 fully saturated rings. The van der Waals surface area contributed by atoms with E-state index in [2.05, 4.69) is 5.32 Å². The van der Waals surface area contributed by atoms with Crippen LogP contribution in [0.1, 0.15) is 30.6 Å². The third-order valence-corrected chi connectivity index (χ3v) is 3.00. The molecule has 0 bridgehead atoms. The fourth-order valence-corrected chi connectivity index (χ4v) is 1.65. The molecule has 0 spiro atoms. The highest BCUT2D eigenvalue weighted by atomic mass is 35.5. The molecule has 0 unspecified atom stereocenters. The van der Waals surface area contributed by atoms with Gasteiger partial charge in [0, 0.05) is 11.6 Å². The molecule has 104 valence electrons. The average Bonchev–Trinajstić information content (AvgIpc) is 2.31. The van der Waals surface area contributed by atoms with E-state index in [-0.39, 0.29) is 22.9 Å². The first-order valence-corrected chi connectivity index (χ1v) is 6.16. The fourth-order valence-electron chi connectivity index (χ4n) is 1.53. The lowest BCUT2D eigenvalue weighted by molar-refractivity contribution is -0.137. The van der Waals surface area contributed by atoms with Crippen LogP contribution in [0, 0.1) is 11.7 Å². The molecule has 1 atom stereocenters. The standard InChI is InChI=1S/C13H15ClFNO3/c1-7(2)11(6-12(17)18)16-13(19)8-3-4-9(14)10(15)5-8/h3-5,7,11H,6H2,1-2H3,(H,16,19)(H,17,18)/t11-/m1/s1. The highest BCUT2D eigenvalue weighted by Gasteiger charge is 2.20. The first-order chi connectivity index (χ1) is 8.81. The largest absolute Gasteiger partial charge is 0.481 e. The molecule has 4 nitrogen and oxygen atoms in total. The van der Waals surface area contributed by atoms with Gasteiger partial charge in [0.1, 0.15) is 5.82 Å². The minimum atomic E-state index is -0.999. The van der Waals surface area contributed by atoms with Gasteiger partial charge in [-0.05, 0) is 24.1 Å². The van der Waals surface area contributed by atoms with E-state index in [9.17, 15) is 14.0 Å². The molecule has 6 heteroatoms. The number of hydrogen-bond acceptors (Lipinski definition) is 2. The van der Waals surface area contributed by atoms with E-state index in [4.69, 9.17) is 16.7 Å². The number of amides is 1. The molecule has 0 heterocycles. The van der Waals surface area contributed by atoms with Gasteiger partial charge in [-0.25, -0.2) is 4.39 Å². The van der Waals surface area contributed by atoms with Crippen molar-refractivity contribution in [2.75, 3.05) is 0 Å². The predicted octanol–water partition coefficient (Wildman–Crippen LogP) is 2.71. The summed E-state index contributed by atoms with van der Waals surface area (Å²) in [7, 11) is 0. The molecule has 0 saturated heterocycles. The third-order valence-electron chi connectivity index (χ3n) is 2.70. The minimum Gasteiger partial charge on any atom is -0.481 e. The summed E-state index contributed by atoms with van der Waals surface area (Å²) in [4.78, 5) is 22.6. The Labute approximate surface area is 115 Å². The number of benzene rings is 1. The summed E-state index contributed by atoms with van der Waals surface area (Å²) in [6.45, 7) is 3.60. The minimum absolute atomic E-state index is 0.0443. The molecular weight excluding hydrogens is 273 g/mol. The van der Waals surface area contributed by atoms with Gasteiger partial charge in [-0.1, -0.05) is 25.4 Å². The number of carboxylic acid groups (broad SMARTS) is 1. The number of carbonyl (C=O) groups is 2. The van der Waals surface area contributed by atoms with E-state index in [1.54, 1.807) is 13.8 Å². The number of aliphatic carboxylic acids is 1. The first-order valence-electron chi connectivity index (χ1n) is 5.79. The molecule has 1 aromatic rings. The molecule has 1 amide bonds. The number of hydrogen-bond donors (Lipinski definition) is 2. The smallest absolute Gasteiger partial charge is 0.305 e. The monoisotopic (exact) mass is 287 g/mol. The lowest BCUT2D eigenvalue weighted by atomic mass is 10.0. The van der Waals surface area contributed by atoms with Crippen molar-refractivity contribution in [1.29, 1.82) is 0 Å². The van der Waals surface area contributed by atoms with Crippen LogP contribution >= 0.6 is 11.6 Å². The Morgan fingerprint density at radius 3 is 2.53 bits per heavy atom. The summed E-state index contributed by atoms with van der Waals surface area (Å²) < 4.78 is 13.2. The van der Waals surface area contributed by atoms with Crippen molar-refractivity contribution in [2.45, 2.75) is 26.3 Å². The van der Waals surface area contributed by atoms with Crippen molar-refractivity contribution in [2.24, 2.45) is 5.92 Å². The first kappa shape index (κ1) is 15.4. The topological polar surface area (TPSA) is 66.4 Å². The second-order valence-electron chi connectivity index (χ2n) is 4.55. The average molecular weight is 288 g/mol. The van der Waals surface area contributed by atoms with Crippen LogP contribution < -0.4 is 5.32 Å². The highest BCUT2D eigenvalue weighted by molar-refractivity contribution is 6.30. The van der Waals surface area contributed by atoms with E-state index in [0.29, 0.717) is 0 Å². The van der Waals surface area contributed by atoms with Crippen LogP contribution in [-0.2, 0) is 4.79 Å². The summed E-state index contributed by atoms with van der Waals surface area (Å²) in [6.07, 6.45) is -0.181. The van der Waals surface area contributed by atoms with Gasteiger partial charge < -0.3 is 10.4 Å². The van der Waals surface area contributed by atoms with Crippen LogP contribution in [0.4, 0.5) is 4.39 Å². The van der Waals surface area contributed by atoms with Crippen molar-refractivity contribution in [1.82, 2.24) is 5.32 Å². The van der Waals surface area contributed by atoms with Crippen molar-refractivity contribution >= 4 is 23.5 Å². The lowest BCUT2D eigenvalue weighted by Crippen LogP contribution is -2.40. The predicted molar refractivity (Wildman–Crippen MR) is 69.8 cm³/mol. The Kier molecular flexibility index (Phi) is 5.30. The Bertz CT molecular complexity index is 491. The van der Waals surface area contributed by atoms with E-state index in [0.717, 1.165) is 6.07 Å². The molecule has 0 aliphatic heterocycles. The van der Waals surface area contributed by atoms with Crippen molar-refractivity contribution in [3.8, 4) is 0 Å². The van der Waals surface area contributed by atoms with E-state index in [1.807, 2.05) is 0 Å². The van der Waals surface area contributed by atoms with Gasteiger partial charge >= 0.3 is 5.97 Å². The fraction of sp³-hybridized carbons (Fsp3) is 0.385. The normalized spacial score (nSPS) is 12.3. The Morgan fingerprint density at radius 2 is 2.05 bits per heavy atom. The molecule has 0 radical (unpaired) electrons. The number of halogens is 2. The van der Waals surface area contributed by atoms with Gasteiger partial charge in [0.25, 0.3) is 5.91 Å². The SMILES string of the molecule is CC(C)[C@@H](CC(=O)O)NC(=O)c1ccc(Cl)c(F)c1. The zero-order valence-corrected chi connectivity index (χ0v) is 11.4. The van der Waals surface area contributed by atoms with Gasteiger partial charge in [0.15, 0.2) is 0 Å². The molecule has 1 rings (SSSR count). The second kappa shape index (κ2) is 6.52. The maximum absolute atomic E-state index is 13.2. The number of carboxylic acids is 1. The van der Waals surface area contributed by atoms with Crippen LogP contribution in [0.25, 0.3) is 0 Å². The number of nitrogens with one attached hydrogen (secondary N) is 1. The molecule has 2 N–H and O–H groups in total. The second-order valence-corrected chi connectivity index (χ2v) is 4.96. The van der Waals surface area contributed by atoms with Crippen molar-refractivity contribution in [3.05, 3.63) is 34.6 Å². The van der Waals surface area contributed by atoms with E-state index >= 15 is 0 Å². The van der Waals surface area contributed by atoms with E-state index < -0.39 is 23.7 Å². The van der Waals surface area contributed by atoms with Crippen LogP contribution in [0.3, 0.4) is 0 Å². The lowest BCUT2D eigenvalue weighted by Gasteiger charge is -2.20. The molecule has 0 aromatic heterocycles. The Balaban J connectivity index is 2.81. The van der Waals surface area contributed by atoms with Gasteiger partial charge in [-0.2, -0.15) is 0 Å². The maximum Gasteiger partial charge on any atom is 0.305 e. The van der Waals surface area contributed by atoms with Crippen LogP contribution in [-0.4, -0.2) is 23.0 Å². The molecule has 0 aliphatic carbocycles. The summed E-state index contributed by atoms with van der Waals surface area (Å²) in [5.41, 5.74) is 0.109. The summed E-state index contributed by atoms with van der Waals surface area (Å²) in [6, 6.07) is 3.19. The quantitative estimate of drug-likeness (QED) is 0.875. The number of rotatable bonds is 5. The summed E-state index contributed by atoms with van der Waals surface area (Å²) in [5.74, 6) is -2.25. The Hall–Kier alpha value is -1.62. The summed E-state index contributed by atoms with van der Waals surface area (Å²) >= 11 is 5.53. The van der Waals surface area contributed by atoms with Crippen LogP contribution in [0.15, 0.2) is 18.2 Å². The van der Waals surface area contributed by atoms with E-state index in [1.165, 1.54) is 12.1 Å². The Morgan fingerprint density at radius 1 is 1.42 bits per heavy atom. The number of carbonyl (C=O) groups excluding carboxylic acids is 1. The zero-order valence-electron chi connectivity index (χ0n) is 10.6. The van der Waals surface area contributed by atoms with Crippen molar-refractivity contribution < 1.29 is 19.1 Å². The van der Waals surface area contributed by atoms with Gasteiger partial charge in [0.2, 0.25) is 0 Å². The van der Waals surface area contributed by atoms with Gasteiger partial charge in [-0.3, -0.25) is 9.59 Å². The van der Waals surface area contributed by atoms with Gasteiger partial charge in [0.05, 0.1) is 11.4 Å². The highest BCUT2D eigenvalue weighted by Crippen LogP contribution is 2.16. The van der Waals surface area contributed by atoms with Crippen LogP contribution in [0.2, 0.25) is 5.02 Å². The molecular formula is C13H15ClFNO3. The molecule has 0 saturated carbocycles. The molecule has 1 aromatic carbocycles. The van der Waals surface area contributed by atoms with Crippen LogP contribution in [0.5, 0.6) is 0 Å². The molecule has 19 heavy (non-hydrogen) atoms.